The van der Waals surface area contributed by atoms with Crippen molar-refractivity contribution in [1.29, 1.82) is 0 Å². The fourth-order valence-electron chi connectivity index (χ4n) is 2.77. The molecule has 1 aromatic carbocycles. The number of amides is 1. The van der Waals surface area contributed by atoms with Crippen LogP contribution in [0.1, 0.15) is 43.2 Å². The van der Waals surface area contributed by atoms with Crippen LogP contribution in [0.15, 0.2) is 18.2 Å². The van der Waals surface area contributed by atoms with Crippen LogP contribution < -0.4 is 10.1 Å². The summed E-state index contributed by atoms with van der Waals surface area (Å²) < 4.78 is 5.66. The summed E-state index contributed by atoms with van der Waals surface area (Å²) in [6.07, 6.45) is 3.68. The molecule has 0 aromatic heterocycles. The summed E-state index contributed by atoms with van der Waals surface area (Å²) in [6.45, 7) is 4.40. The first kappa shape index (κ1) is 15.8. The Bertz CT molecular complexity index is 487. The number of hydrogen-bond donors (Lipinski definition) is 2. The molecule has 4 heteroatoms. The van der Waals surface area contributed by atoms with Gasteiger partial charge in [0.25, 0.3) is 0 Å². The third kappa shape index (κ3) is 4.74. The molecular weight excluding hydrogens is 266 g/mol. The monoisotopic (exact) mass is 291 g/mol. The minimum absolute atomic E-state index is 0.0503. The van der Waals surface area contributed by atoms with Gasteiger partial charge in [-0.15, -0.1) is 0 Å². The van der Waals surface area contributed by atoms with Gasteiger partial charge in [0, 0.05) is 0 Å². The molecule has 116 valence electrons. The number of aliphatic hydroxyl groups is 1. The topological polar surface area (TPSA) is 58.6 Å². The highest BCUT2D eigenvalue weighted by Crippen LogP contribution is 2.20. The smallest absolute Gasteiger partial charge is 0.223 e. The number of carbonyl (C=O) groups is 1. The Labute approximate surface area is 126 Å². The second kappa shape index (κ2) is 7.46. The van der Waals surface area contributed by atoms with Gasteiger partial charge in [0.05, 0.1) is 25.2 Å². The Kier molecular flexibility index (Phi) is 5.62. The quantitative estimate of drug-likeness (QED) is 0.876. The van der Waals surface area contributed by atoms with Crippen molar-refractivity contribution in [2.45, 2.75) is 58.1 Å². The van der Waals surface area contributed by atoms with Crippen molar-refractivity contribution in [1.82, 2.24) is 5.32 Å². The summed E-state index contributed by atoms with van der Waals surface area (Å²) in [6, 6.07) is 5.91. The molecule has 1 aliphatic rings. The Morgan fingerprint density at radius 3 is 2.81 bits per heavy atom. The fraction of sp³-hybridized carbons (Fsp3) is 0.588. The molecule has 0 radical (unpaired) electrons. The maximum absolute atomic E-state index is 11.9. The number of nitrogens with one attached hydrogen (secondary N) is 1. The lowest BCUT2D eigenvalue weighted by Gasteiger charge is -2.28. The Hall–Kier alpha value is -1.55. The first-order valence-corrected chi connectivity index (χ1v) is 7.74. The molecule has 21 heavy (non-hydrogen) atoms. The van der Waals surface area contributed by atoms with Crippen molar-refractivity contribution >= 4 is 5.91 Å². The van der Waals surface area contributed by atoms with E-state index in [-0.39, 0.29) is 11.9 Å². The number of rotatable bonds is 5. The highest BCUT2D eigenvalue weighted by molar-refractivity contribution is 5.76. The predicted molar refractivity (Wildman–Crippen MR) is 82.4 cm³/mol. The summed E-state index contributed by atoms with van der Waals surface area (Å²) >= 11 is 0. The minimum atomic E-state index is -0.400. The molecule has 4 nitrogen and oxygen atoms in total. The molecule has 0 saturated heterocycles. The third-order valence-corrected chi connectivity index (χ3v) is 3.99. The van der Waals surface area contributed by atoms with E-state index in [1.807, 2.05) is 26.0 Å². The van der Waals surface area contributed by atoms with Crippen LogP contribution in [0, 0.1) is 13.8 Å². The van der Waals surface area contributed by atoms with Crippen molar-refractivity contribution in [3.63, 3.8) is 0 Å². The van der Waals surface area contributed by atoms with Gasteiger partial charge in [0.2, 0.25) is 5.91 Å². The molecule has 1 fully saturated rings. The van der Waals surface area contributed by atoms with Gasteiger partial charge >= 0.3 is 0 Å². The van der Waals surface area contributed by atoms with Gasteiger partial charge in [-0.2, -0.15) is 0 Å². The highest BCUT2D eigenvalue weighted by atomic mass is 16.5. The van der Waals surface area contributed by atoms with E-state index in [1.165, 1.54) is 5.56 Å². The minimum Gasteiger partial charge on any atom is -0.493 e. The van der Waals surface area contributed by atoms with Crippen molar-refractivity contribution < 1.29 is 14.6 Å². The second-order valence-corrected chi connectivity index (χ2v) is 5.89. The number of aliphatic hydroxyl groups excluding tert-OH is 1. The Balaban J connectivity index is 1.73. The maximum atomic E-state index is 11.9. The Morgan fingerprint density at radius 1 is 1.33 bits per heavy atom. The number of benzene rings is 1. The van der Waals surface area contributed by atoms with Crippen LogP contribution in [0.2, 0.25) is 0 Å². The standard InChI is InChI=1S/C17H25NO3/c1-12-7-8-16(13(2)11-12)21-10-9-17(20)18-14-5-3-4-6-15(14)19/h7-8,11,14-15,19H,3-6,9-10H2,1-2H3,(H,18,20)/t14-,15-/m1/s1. The van der Waals surface area contributed by atoms with Crippen LogP contribution in [0.4, 0.5) is 0 Å². The van der Waals surface area contributed by atoms with Crippen LogP contribution in [0.25, 0.3) is 0 Å². The molecule has 1 saturated carbocycles. The van der Waals surface area contributed by atoms with E-state index in [2.05, 4.69) is 11.4 Å². The number of aryl methyl sites for hydroxylation is 2. The molecule has 0 bridgehead atoms. The van der Waals surface area contributed by atoms with Gasteiger partial charge in [-0.25, -0.2) is 0 Å². The number of ether oxygens (including phenoxy) is 1. The van der Waals surface area contributed by atoms with Crippen LogP contribution in [-0.2, 0) is 4.79 Å². The van der Waals surface area contributed by atoms with Crippen molar-refractivity contribution in [2.24, 2.45) is 0 Å². The summed E-state index contributed by atoms with van der Waals surface area (Å²) in [7, 11) is 0. The molecule has 1 aromatic rings. The van der Waals surface area contributed by atoms with E-state index in [4.69, 9.17) is 4.74 Å². The van der Waals surface area contributed by atoms with Gasteiger partial charge in [-0.05, 0) is 38.3 Å². The molecular formula is C17H25NO3. The van der Waals surface area contributed by atoms with E-state index in [1.54, 1.807) is 0 Å². The fourth-order valence-corrected chi connectivity index (χ4v) is 2.77. The maximum Gasteiger partial charge on any atom is 0.223 e. The van der Waals surface area contributed by atoms with Gasteiger partial charge in [-0.3, -0.25) is 4.79 Å². The molecule has 2 N–H and O–H groups in total. The molecule has 0 aliphatic heterocycles. The van der Waals surface area contributed by atoms with Crippen LogP contribution >= 0.6 is 0 Å². The van der Waals surface area contributed by atoms with E-state index in [0.717, 1.165) is 37.0 Å². The first-order valence-electron chi connectivity index (χ1n) is 7.74. The van der Waals surface area contributed by atoms with Crippen LogP contribution in [-0.4, -0.2) is 29.8 Å². The number of hydrogen-bond acceptors (Lipinski definition) is 3. The van der Waals surface area contributed by atoms with Gasteiger partial charge in [0.1, 0.15) is 5.75 Å². The second-order valence-electron chi connectivity index (χ2n) is 5.89. The van der Waals surface area contributed by atoms with Crippen molar-refractivity contribution in [3.05, 3.63) is 29.3 Å². The zero-order valence-electron chi connectivity index (χ0n) is 12.9. The average Bonchev–Trinajstić information content (AvgIpc) is 2.44. The molecule has 0 unspecified atom stereocenters. The lowest BCUT2D eigenvalue weighted by Crippen LogP contribution is -2.45. The first-order chi connectivity index (χ1) is 10.1. The zero-order chi connectivity index (χ0) is 15.2. The summed E-state index contributed by atoms with van der Waals surface area (Å²) in [5.74, 6) is 0.775. The molecule has 2 atom stereocenters. The van der Waals surface area contributed by atoms with Gasteiger partial charge in [-0.1, -0.05) is 30.5 Å². The zero-order valence-corrected chi connectivity index (χ0v) is 12.9. The van der Waals surface area contributed by atoms with E-state index < -0.39 is 6.10 Å². The molecule has 0 spiro atoms. The SMILES string of the molecule is Cc1ccc(OCCC(=O)N[C@@H]2CCCC[C@H]2O)c(C)c1. The van der Waals surface area contributed by atoms with E-state index in [0.29, 0.717) is 13.0 Å². The van der Waals surface area contributed by atoms with Crippen molar-refractivity contribution in [3.8, 4) is 5.75 Å². The van der Waals surface area contributed by atoms with Crippen LogP contribution in [0.3, 0.4) is 0 Å². The number of carbonyl (C=O) groups excluding carboxylic acids is 1. The highest BCUT2D eigenvalue weighted by Gasteiger charge is 2.24. The normalized spacial score (nSPS) is 21.9. The van der Waals surface area contributed by atoms with E-state index >= 15 is 0 Å². The molecule has 1 aliphatic carbocycles. The molecule has 1 amide bonds. The summed E-state index contributed by atoms with van der Waals surface area (Å²) in [4.78, 5) is 11.9. The largest absolute Gasteiger partial charge is 0.493 e. The third-order valence-electron chi connectivity index (χ3n) is 3.99. The molecule has 0 heterocycles. The van der Waals surface area contributed by atoms with Gasteiger partial charge in [0.15, 0.2) is 0 Å². The average molecular weight is 291 g/mol. The van der Waals surface area contributed by atoms with Crippen LogP contribution in [0.5, 0.6) is 5.75 Å². The van der Waals surface area contributed by atoms with E-state index in [9.17, 15) is 9.90 Å². The Morgan fingerprint density at radius 2 is 2.10 bits per heavy atom. The van der Waals surface area contributed by atoms with Gasteiger partial charge < -0.3 is 15.2 Å². The predicted octanol–water partition coefficient (Wildman–Crippen LogP) is 2.49. The molecule has 2 rings (SSSR count). The lowest BCUT2D eigenvalue weighted by molar-refractivity contribution is -0.123. The lowest BCUT2D eigenvalue weighted by atomic mass is 9.92. The van der Waals surface area contributed by atoms with Crippen molar-refractivity contribution in [2.75, 3.05) is 6.61 Å². The summed E-state index contributed by atoms with van der Waals surface area (Å²) in [5.41, 5.74) is 2.28. The summed E-state index contributed by atoms with van der Waals surface area (Å²) in [5, 5.41) is 12.7.